The standard InChI is InChI=1S/C12H20N4O/c1-3-10-9(8-16(2)15-10)7-14-12(17)11-5-4-6-13-11/h8,11,13H,3-7H2,1-2H3,(H,14,17)/t11-/m0/s1. The van der Waals surface area contributed by atoms with E-state index in [0.717, 1.165) is 37.1 Å². The van der Waals surface area contributed by atoms with Gasteiger partial charge < -0.3 is 10.6 Å². The highest BCUT2D eigenvalue weighted by molar-refractivity contribution is 5.81. The lowest BCUT2D eigenvalue weighted by Crippen LogP contribution is -2.40. The van der Waals surface area contributed by atoms with Gasteiger partial charge in [-0.3, -0.25) is 9.48 Å². The third kappa shape index (κ3) is 2.85. The second-order valence-corrected chi connectivity index (χ2v) is 4.49. The molecule has 1 aliphatic heterocycles. The van der Waals surface area contributed by atoms with Gasteiger partial charge in [-0.1, -0.05) is 6.92 Å². The molecule has 2 N–H and O–H groups in total. The van der Waals surface area contributed by atoms with E-state index in [1.807, 2.05) is 13.2 Å². The van der Waals surface area contributed by atoms with Crippen LogP contribution in [0.15, 0.2) is 6.20 Å². The van der Waals surface area contributed by atoms with Crippen LogP contribution >= 0.6 is 0 Å². The van der Waals surface area contributed by atoms with Crippen molar-refractivity contribution in [3.63, 3.8) is 0 Å². The third-order valence-electron chi connectivity index (χ3n) is 3.16. The lowest BCUT2D eigenvalue weighted by molar-refractivity contribution is -0.122. The van der Waals surface area contributed by atoms with Crippen LogP contribution in [-0.2, 0) is 24.8 Å². The van der Waals surface area contributed by atoms with E-state index in [-0.39, 0.29) is 11.9 Å². The van der Waals surface area contributed by atoms with Crippen molar-refractivity contribution < 1.29 is 4.79 Å². The summed E-state index contributed by atoms with van der Waals surface area (Å²) < 4.78 is 1.80. The highest BCUT2D eigenvalue weighted by Crippen LogP contribution is 2.08. The van der Waals surface area contributed by atoms with Crippen molar-refractivity contribution in [1.82, 2.24) is 20.4 Å². The van der Waals surface area contributed by atoms with Crippen LogP contribution in [0.4, 0.5) is 0 Å². The fraction of sp³-hybridized carbons (Fsp3) is 0.667. The number of rotatable bonds is 4. The Kier molecular flexibility index (Phi) is 3.78. The topological polar surface area (TPSA) is 59.0 Å². The van der Waals surface area contributed by atoms with Crippen LogP contribution in [0, 0.1) is 0 Å². The molecule has 0 radical (unpaired) electrons. The summed E-state index contributed by atoms with van der Waals surface area (Å²) in [6.07, 6.45) is 4.90. The van der Waals surface area contributed by atoms with E-state index in [1.54, 1.807) is 4.68 Å². The van der Waals surface area contributed by atoms with Crippen molar-refractivity contribution in [2.45, 2.75) is 38.8 Å². The van der Waals surface area contributed by atoms with Gasteiger partial charge in [0.05, 0.1) is 11.7 Å². The molecule has 0 aromatic carbocycles. The summed E-state index contributed by atoms with van der Waals surface area (Å²) in [5, 5.41) is 10.5. The van der Waals surface area contributed by atoms with Crippen LogP contribution in [0.1, 0.15) is 31.0 Å². The maximum Gasteiger partial charge on any atom is 0.237 e. The second-order valence-electron chi connectivity index (χ2n) is 4.49. The Morgan fingerprint density at radius 3 is 3.18 bits per heavy atom. The molecule has 94 valence electrons. The minimum Gasteiger partial charge on any atom is -0.351 e. The minimum atomic E-state index is -0.00301. The first-order chi connectivity index (χ1) is 8.20. The summed E-state index contributed by atoms with van der Waals surface area (Å²) >= 11 is 0. The van der Waals surface area contributed by atoms with Crippen LogP contribution in [0.2, 0.25) is 0 Å². The van der Waals surface area contributed by atoms with Crippen LogP contribution in [0.3, 0.4) is 0 Å². The highest BCUT2D eigenvalue weighted by atomic mass is 16.2. The summed E-state index contributed by atoms with van der Waals surface area (Å²) in [5.74, 6) is 0.105. The molecule has 5 heteroatoms. The van der Waals surface area contributed by atoms with Gasteiger partial charge in [-0.25, -0.2) is 0 Å². The first kappa shape index (κ1) is 12.1. The smallest absolute Gasteiger partial charge is 0.237 e. The Bertz CT molecular complexity index is 393. The van der Waals surface area contributed by atoms with Crippen molar-refractivity contribution in [1.29, 1.82) is 0 Å². The van der Waals surface area contributed by atoms with E-state index in [9.17, 15) is 4.79 Å². The summed E-state index contributed by atoms with van der Waals surface area (Å²) in [5.41, 5.74) is 2.17. The lowest BCUT2D eigenvalue weighted by Gasteiger charge is -2.10. The highest BCUT2D eigenvalue weighted by Gasteiger charge is 2.21. The van der Waals surface area contributed by atoms with Crippen molar-refractivity contribution in [3.05, 3.63) is 17.5 Å². The van der Waals surface area contributed by atoms with E-state index in [1.165, 1.54) is 0 Å². The summed E-state index contributed by atoms with van der Waals surface area (Å²) in [7, 11) is 1.91. The lowest BCUT2D eigenvalue weighted by atomic mass is 10.2. The van der Waals surface area contributed by atoms with Gasteiger partial charge in [0.1, 0.15) is 0 Å². The Morgan fingerprint density at radius 1 is 1.71 bits per heavy atom. The molecule has 0 unspecified atom stereocenters. The van der Waals surface area contributed by atoms with E-state index in [0.29, 0.717) is 6.54 Å². The molecule has 0 spiro atoms. The Morgan fingerprint density at radius 2 is 2.53 bits per heavy atom. The number of nitrogens with zero attached hydrogens (tertiary/aromatic N) is 2. The first-order valence-electron chi connectivity index (χ1n) is 6.23. The SMILES string of the molecule is CCc1nn(C)cc1CNC(=O)[C@@H]1CCCN1. The predicted molar refractivity (Wildman–Crippen MR) is 65.5 cm³/mol. The fourth-order valence-corrected chi connectivity index (χ4v) is 2.24. The van der Waals surface area contributed by atoms with Gasteiger partial charge >= 0.3 is 0 Å². The molecule has 1 aromatic rings. The van der Waals surface area contributed by atoms with Crippen molar-refractivity contribution >= 4 is 5.91 Å². The minimum absolute atomic E-state index is 0.00301. The number of hydrogen-bond donors (Lipinski definition) is 2. The number of aromatic nitrogens is 2. The molecule has 1 aliphatic rings. The first-order valence-corrected chi connectivity index (χ1v) is 6.23. The number of amides is 1. The zero-order chi connectivity index (χ0) is 12.3. The molecule has 1 fully saturated rings. The van der Waals surface area contributed by atoms with Crippen molar-refractivity contribution in [2.24, 2.45) is 7.05 Å². The van der Waals surface area contributed by atoms with Crippen LogP contribution in [0.25, 0.3) is 0 Å². The summed E-state index contributed by atoms with van der Waals surface area (Å²) in [6.45, 7) is 3.60. The van der Waals surface area contributed by atoms with Gasteiger partial charge in [0.2, 0.25) is 5.91 Å². The summed E-state index contributed by atoms with van der Waals surface area (Å²) in [4.78, 5) is 11.8. The third-order valence-corrected chi connectivity index (χ3v) is 3.16. The molecule has 0 bridgehead atoms. The molecule has 17 heavy (non-hydrogen) atoms. The maximum absolute atomic E-state index is 11.8. The number of carbonyl (C=O) groups excluding carboxylic acids is 1. The second kappa shape index (κ2) is 5.31. The van der Waals surface area contributed by atoms with Gasteiger partial charge in [-0.15, -0.1) is 0 Å². The van der Waals surface area contributed by atoms with E-state index in [4.69, 9.17) is 0 Å². The van der Waals surface area contributed by atoms with E-state index >= 15 is 0 Å². The fourth-order valence-electron chi connectivity index (χ4n) is 2.24. The Labute approximate surface area is 102 Å². The van der Waals surface area contributed by atoms with Crippen LogP contribution < -0.4 is 10.6 Å². The van der Waals surface area contributed by atoms with Gasteiger partial charge in [0.25, 0.3) is 0 Å². The molecule has 0 aliphatic carbocycles. The van der Waals surface area contributed by atoms with E-state index in [2.05, 4.69) is 22.7 Å². The van der Waals surface area contributed by atoms with Crippen molar-refractivity contribution in [3.8, 4) is 0 Å². The normalized spacial score (nSPS) is 19.5. The van der Waals surface area contributed by atoms with Gasteiger partial charge in [0.15, 0.2) is 0 Å². The maximum atomic E-state index is 11.8. The number of hydrogen-bond acceptors (Lipinski definition) is 3. The van der Waals surface area contributed by atoms with Gasteiger partial charge in [-0.2, -0.15) is 5.10 Å². The number of nitrogens with one attached hydrogen (secondary N) is 2. The monoisotopic (exact) mass is 236 g/mol. The van der Waals surface area contributed by atoms with Gasteiger partial charge in [-0.05, 0) is 25.8 Å². The predicted octanol–water partition coefficient (Wildman–Crippen LogP) is 0.351. The van der Waals surface area contributed by atoms with Gasteiger partial charge in [0, 0.05) is 25.4 Å². The molecule has 1 saturated heterocycles. The average molecular weight is 236 g/mol. The zero-order valence-corrected chi connectivity index (χ0v) is 10.5. The quantitative estimate of drug-likeness (QED) is 0.793. The average Bonchev–Trinajstić information content (AvgIpc) is 2.94. The van der Waals surface area contributed by atoms with E-state index < -0.39 is 0 Å². The molecule has 2 rings (SSSR count). The molecule has 1 aromatic heterocycles. The Hall–Kier alpha value is -1.36. The Balaban J connectivity index is 1.90. The molecular formula is C12H20N4O. The zero-order valence-electron chi connectivity index (χ0n) is 10.5. The largest absolute Gasteiger partial charge is 0.351 e. The number of carbonyl (C=O) groups is 1. The van der Waals surface area contributed by atoms with Crippen LogP contribution in [0.5, 0.6) is 0 Å². The molecule has 1 atom stereocenters. The molecule has 0 saturated carbocycles. The molecule has 5 nitrogen and oxygen atoms in total. The summed E-state index contributed by atoms with van der Waals surface area (Å²) in [6, 6.07) is -0.00301. The molecule has 2 heterocycles. The van der Waals surface area contributed by atoms with Crippen molar-refractivity contribution in [2.75, 3.05) is 6.54 Å². The molecular weight excluding hydrogens is 216 g/mol. The number of aryl methyl sites for hydroxylation is 2. The molecule has 1 amide bonds. The van der Waals surface area contributed by atoms with Crippen LogP contribution in [-0.4, -0.2) is 28.3 Å².